The van der Waals surface area contributed by atoms with Crippen molar-refractivity contribution in [1.82, 2.24) is 9.47 Å². The normalized spacial score (nSPS) is 19.0. The van der Waals surface area contributed by atoms with Gasteiger partial charge in [-0.3, -0.25) is 4.90 Å². The molecule has 4 nitrogen and oxygen atoms in total. The lowest BCUT2D eigenvalue weighted by molar-refractivity contribution is 0.0243. The van der Waals surface area contributed by atoms with Crippen LogP contribution >= 0.6 is 11.6 Å². The van der Waals surface area contributed by atoms with E-state index in [4.69, 9.17) is 21.6 Å². The van der Waals surface area contributed by atoms with E-state index < -0.39 is 0 Å². The van der Waals surface area contributed by atoms with Crippen molar-refractivity contribution in [3.63, 3.8) is 0 Å². The van der Waals surface area contributed by atoms with Crippen molar-refractivity contribution in [3.05, 3.63) is 46.7 Å². The van der Waals surface area contributed by atoms with Crippen molar-refractivity contribution < 1.29 is 4.74 Å². The summed E-state index contributed by atoms with van der Waals surface area (Å²) >= 11 is 6.65. The number of nitriles is 1. The summed E-state index contributed by atoms with van der Waals surface area (Å²) in [6.45, 7) is 4.62. The maximum absolute atomic E-state index is 9.11. The van der Waals surface area contributed by atoms with E-state index in [0.29, 0.717) is 11.6 Å². The second-order valence-corrected chi connectivity index (χ2v) is 6.86. The van der Waals surface area contributed by atoms with Crippen molar-refractivity contribution in [2.75, 3.05) is 19.8 Å². The van der Waals surface area contributed by atoms with Gasteiger partial charge in [0.15, 0.2) is 0 Å². The van der Waals surface area contributed by atoms with Gasteiger partial charge in [0.25, 0.3) is 0 Å². The molecule has 2 aromatic rings. The monoisotopic (exact) mass is 341 g/mol. The lowest BCUT2D eigenvalue weighted by atomic mass is 10.0. The molecular formula is C19H20ClN3O. The van der Waals surface area contributed by atoms with Gasteiger partial charge >= 0.3 is 0 Å². The number of aromatic nitrogens is 1. The maximum atomic E-state index is 9.11. The Balaban J connectivity index is 1.62. The second kappa shape index (κ2) is 6.60. The van der Waals surface area contributed by atoms with E-state index in [9.17, 15) is 0 Å². The predicted octanol–water partition coefficient (Wildman–Crippen LogP) is 3.67. The summed E-state index contributed by atoms with van der Waals surface area (Å²) < 4.78 is 7.70. The molecule has 0 saturated carbocycles. The summed E-state index contributed by atoms with van der Waals surface area (Å²) in [5.41, 5.74) is 3.96. The van der Waals surface area contributed by atoms with E-state index >= 15 is 0 Å². The van der Waals surface area contributed by atoms with Gasteiger partial charge in [0.2, 0.25) is 0 Å². The Morgan fingerprint density at radius 3 is 2.79 bits per heavy atom. The van der Waals surface area contributed by atoms with Crippen LogP contribution < -0.4 is 0 Å². The molecular weight excluding hydrogens is 322 g/mol. The van der Waals surface area contributed by atoms with Crippen LogP contribution in [0.2, 0.25) is 5.15 Å². The Hall–Kier alpha value is -1.80. The smallest absolute Gasteiger partial charge is 0.117 e. The van der Waals surface area contributed by atoms with Gasteiger partial charge < -0.3 is 9.30 Å². The SMILES string of the molecule is N#Cc1cccc(-c2cc3n(c2Cl)CCN(C2CCOCC2)C3)c1. The molecule has 1 saturated heterocycles. The molecule has 0 amide bonds. The minimum Gasteiger partial charge on any atom is -0.381 e. The fraction of sp³-hybridized carbons (Fsp3) is 0.421. The highest BCUT2D eigenvalue weighted by atomic mass is 35.5. The van der Waals surface area contributed by atoms with Gasteiger partial charge in [0.1, 0.15) is 5.15 Å². The molecule has 124 valence electrons. The largest absolute Gasteiger partial charge is 0.381 e. The van der Waals surface area contributed by atoms with Gasteiger partial charge in [0.05, 0.1) is 11.6 Å². The molecule has 3 heterocycles. The molecule has 1 aromatic carbocycles. The zero-order valence-corrected chi connectivity index (χ0v) is 14.3. The summed E-state index contributed by atoms with van der Waals surface area (Å²) in [6.07, 6.45) is 2.23. The van der Waals surface area contributed by atoms with Crippen LogP contribution in [0.3, 0.4) is 0 Å². The highest BCUT2D eigenvalue weighted by molar-refractivity contribution is 6.32. The van der Waals surface area contributed by atoms with Crippen LogP contribution in [-0.2, 0) is 17.8 Å². The van der Waals surface area contributed by atoms with Crippen molar-refractivity contribution >= 4 is 11.6 Å². The molecule has 0 radical (unpaired) electrons. The fourth-order valence-corrected chi connectivity index (χ4v) is 4.14. The highest BCUT2D eigenvalue weighted by Gasteiger charge is 2.27. The molecule has 0 unspecified atom stereocenters. The molecule has 0 bridgehead atoms. The fourth-order valence-electron chi connectivity index (χ4n) is 3.78. The van der Waals surface area contributed by atoms with Crippen molar-refractivity contribution in [1.29, 1.82) is 5.26 Å². The number of benzene rings is 1. The van der Waals surface area contributed by atoms with Crippen LogP contribution in [0.15, 0.2) is 30.3 Å². The number of hydrogen-bond acceptors (Lipinski definition) is 3. The standard InChI is InChI=1S/C19H20ClN3O/c20-19-18(15-3-1-2-14(10-15)12-21)11-17-13-22(6-7-23(17)19)16-4-8-24-9-5-16/h1-3,10-11,16H,4-9,13H2. The van der Waals surface area contributed by atoms with Crippen LogP contribution in [0.4, 0.5) is 0 Å². The van der Waals surface area contributed by atoms with E-state index in [0.717, 1.165) is 62.0 Å². The van der Waals surface area contributed by atoms with E-state index in [1.165, 1.54) is 5.69 Å². The molecule has 0 atom stereocenters. The third kappa shape index (κ3) is 2.84. The van der Waals surface area contributed by atoms with Crippen LogP contribution in [0.1, 0.15) is 24.1 Å². The lowest BCUT2D eigenvalue weighted by Gasteiger charge is -2.37. The average molecular weight is 342 g/mol. The van der Waals surface area contributed by atoms with Gasteiger partial charge in [-0.25, -0.2) is 0 Å². The van der Waals surface area contributed by atoms with E-state index in [-0.39, 0.29) is 0 Å². The topological polar surface area (TPSA) is 41.2 Å². The number of nitrogens with zero attached hydrogens (tertiary/aromatic N) is 3. The predicted molar refractivity (Wildman–Crippen MR) is 93.8 cm³/mol. The Morgan fingerprint density at radius 2 is 2.00 bits per heavy atom. The highest BCUT2D eigenvalue weighted by Crippen LogP contribution is 2.34. The molecule has 2 aliphatic rings. The molecule has 0 N–H and O–H groups in total. The van der Waals surface area contributed by atoms with Gasteiger partial charge in [-0.1, -0.05) is 23.7 Å². The third-order valence-electron chi connectivity index (χ3n) is 5.10. The number of rotatable bonds is 2. The Kier molecular flexibility index (Phi) is 4.32. The zero-order valence-electron chi connectivity index (χ0n) is 13.5. The van der Waals surface area contributed by atoms with Gasteiger partial charge in [0, 0.05) is 50.1 Å². The van der Waals surface area contributed by atoms with Crippen LogP contribution in [-0.4, -0.2) is 35.3 Å². The van der Waals surface area contributed by atoms with E-state index in [1.807, 2.05) is 24.3 Å². The lowest BCUT2D eigenvalue weighted by Crippen LogP contribution is -2.43. The second-order valence-electron chi connectivity index (χ2n) is 6.50. The molecule has 24 heavy (non-hydrogen) atoms. The summed E-state index contributed by atoms with van der Waals surface area (Å²) in [6, 6.07) is 12.7. The minimum atomic E-state index is 0.617. The van der Waals surface area contributed by atoms with Gasteiger partial charge in [-0.2, -0.15) is 5.26 Å². The molecule has 2 aliphatic heterocycles. The number of ether oxygens (including phenoxy) is 1. The summed E-state index contributed by atoms with van der Waals surface area (Å²) in [7, 11) is 0. The van der Waals surface area contributed by atoms with Crippen LogP contribution in [0.25, 0.3) is 11.1 Å². The van der Waals surface area contributed by atoms with Gasteiger partial charge in [-0.05, 0) is 36.6 Å². The first kappa shape index (κ1) is 15.7. The minimum absolute atomic E-state index is 0.617. The molecule has 0 spiro atoms. The maximum Gasteiger partial charge on any atom is 0.117 e. The first-order chi connectivity index (χ1) is 11.8. The number of hydrogen-bond donors (Lipinski definition) is 0. The Bertz CT molecular complexity index is 786. The quantitative estimate of drug-likeness (QED) is 0.836. The van der Waals surface area contributed by atoms with Crippen molar-refractivity contribution in [3.8, 4) is 17.2 Å². The van der Waals surface area contributed by atoms with Crippen LogP contribution in [0.5, 0.6) is 0 Å². The summed E-state index contributed by atoms with van der Waals surface area (Å²) in [4.78, 5) is 2.56. The average Bonchev–Trinajstić information content (AvgIpc) is 2.98. The summed E-state index contributed by atoms with van der Waals surface area (Å²) in [5, 5.41) is 9.90. The van der Waals surface area contributed by atoms with Crippen LogP contribution in [0, 0.1) is 11.3 Å². The zero-order chi connectivity index (χ0) is 16.5. The molecule has 4 rings (SSSR count). The molecule has 1 aromatic heterocycles. The number of halogens is 1. The molecule has 5 heteroatoms. The first-order valence-corrected chi connectivity index (χ1v) is 8.84. The molecule has 0 aliphatic carbocycles. The van der Waals surface area contributed by atoms with Crippen molar-refractivity contribution in [2.45, 2.75) is 32.0 Å². The number of fused-ring (bicyclic) bond motifs is 1. The third-order valence-corrected chi connectivity index (χ3v) is 5.51. The summed E-state index contributed by atoms with van der Waals surface area (Å²) in [5.74, 6) is 0. The van der Waals surface area contributed by atoms with Gasteiger partial charge in [-0.15, -0.1) is 0 Å². The van der Waals surface area contributed by atoms with Crippen molar-refractivity contribution in [2.24, 2.45) is 0 Å². The first-order valence-electron chi connectivity index (χ1n) is 8.46. The van der Waals surface area contributed by atoms with E-state index in [2.05, 4.69) is 21.6 Å². The Labute approximate surface area is 147 Å². The molecule has 1 fully saturated rings. The van der Waals surface area contributed by atoms with E-state index in [1.54, 1.807) is 0 Å². The Morgan fingerprint density at radius 1 is 1.17 bits per heavy atom.